The molecule has 0 atom stereocenters. The summed E-state index contributed by atoms with van der Waals surface area (Å²) in [4.78, 5) is 36.9. The highest BCUT2D eigenvalue weighted by Gasteiger charge is 2.15. The van der Waals surface area contributed by atoms with Crippen LogP contribution in [0.15, 0.2) is 71.3 Å². The molecule has 8 heteroatoms. The summed E-state index contributed by atoms with van der Waals surface area (Å²) in [5.74, 6) is -0.0319. The fourth-order valence-corrected chi connectivity index (χ4v) is 2.96. The molecule has 8 nitrogen and oxygen atoms in total. The van der Waals surface area contributed by atoms with E-state index in [2.05, 4.69) is 21.3 Å². The second-order valence-electron chi connectivity index (χ2n) is 8.53. The van der Waals surface area contributed by atoms with Gasteiger partial charge in [0, 0.05) is 28.0 Å². The molecule has 0 radical (unpaired) electrons. The molecule has 3 amide bonds. The molecule has 3 rings (SSSR count). The molecule has 0 aliphatic rings. The molecule has 172 valence electrons. The van der Waals surface area contributed by atoms with Gasteiger partial charge in [0.25, 0.3) is 11.8 Å². The van der Waals surface area contributed by atoms with Crippen molar-refractivity contribution in [3.8, 4) is 0 Å². The fourth-order valence-electron chi connectivity index (χ4n) is 2.96. The lowest BCUT2D eigenvalue weighted by atomic mass is 10.1. The van der Waals surface area contributed by atoms with Crippen molar-refractivity contribution in [2.45, 2.75) is 32.9 Å². The first kappa shape index (κ1) is 23.6. The molecule has 4 N–H and O–H groups in total. The minimum atomic E-state index is -0.316. The average molecular weight is 449 g/mol. The van der Waals surface area contributed by atoms with Crippen molar-refractivity contribution in [1.29, 1.82) is 0 Å². The van der Waals surface area contributed by atoms with Gasteiger partial charge in [0.05, 0.1) is 19.4 Å². The Morgan fingerprint density at radius 1 is 0.848 bits per heavy atom. The summed E-state index contributed by atoms with van der Waals surface area (Å²) >= 11 is 0. The predicted molar refractivity (Wildman–Crippen MR) is 127 cm³/mol. The van der Waals surface area contributed by atoms with Crippen molar-refractivity contribution in [2.24, 2.45) is 0 Å². The summed E-state index contributed by atoms with van der Waals surface area (Å²) in [6, 6.07) is 17.1. The Bertz CT molecular complexity index is 1100. The summed E-state index contributed by atoms with van der Waals surface area (Å²) in [5, 5.41) is 11.5. The van der Waals surface area contributed by atoms with Gasteiger partial charge in [-0.3, -0.25) is 14.4 Å². The van der Waals surface area contributed by atoms with Gasteiger partial charge in [-0.1, -0.05) is 6.07 Å². The number of benzene rings is 2. The van der Waals surface area contributed by atoms with Crippen LogP contribution in [-0.2, 0) is 11.3 Å². The lowest BCUT2D eigenvalue weighted by Crippen LogP contribution is -2.40. The minimum absolute atomic E-state index is 0.0302. The zero-order valence-electron chi connectivity index (χ0n) is 18.9. The van der Waals surface area contributed by atoms with Crippen LogP contribution < -0.4 is 21.3 Å². The highest BCUT2D eigenvalue weighted by molar-refractivity contribution is 5.98. The lowest BCUT2D eigenvalue weighted by Gasteiger charge is -2.20. The third kappa shape index (κ3) is 7.53. The molecule has 2 aromatic carbocycles. The molecule has 33 heavy (non-hydrogen) atoms. The van der Waals surface area contributed by atoms with E-state index in [4.69, 9.17) is 4.42 Å². The quantitative estimate of drug-likeness (QED) is 0.419. The van der Waals surface area contributed by atoms with Crippen LogP contribution in [0.3, 0.4) is 0 Å². The van der Waals surface area contributed by atoms with Crippen molar-refractivity contribution >= 4 is 29.1 Å². The molecule has 0 saturated heterocycles. The van der Waals surface area contributed by atoms with Gasteiger partial charge in [0.2, 0.25) is 5.91 Å². The van der Waals surface area contributed by atoms with Crippen LogP contribution in [-0.4, -0.2) is 29.8 Å². The molecule has 0 unspecified atom stereocenters. The Kier molecular flexibility index (Phi) is 7.50. The maximum absolute atomic E-state index is 12.3. The fraction of sp³-hybridized carbons (Fsp3) is 0.240. The number of rotatable bonds is 8. The summed E-state index contributed by atoms with van der Waals surface area (Å²) in [6.07, 6.45) is 1.55. The standard InChI is InChI=1S/C25H28N4O4/c1-25(2,3)29-24(32)17-9-11-19(12-10-17)26-16-22(30)28-20-7-4-6-18(14-20)23(31)27-15-21-8-5-13-33-21/h4-14,26H,15-16H2,1-3H3,(H,27,31)(H,28,30)(H,29,32). The first-order valence-electron chi connectivity index (χ1n) is 10.6. The van der Waals surface area contributed by atoms with Crippen LogP contribution in [0.2, 0.25) is 0 Å². The largest absolute Gasteiger partial charge is 0.467 e. The Hall–Kier alpha value is -4.07. The average Bonchev–Trinajstić information content (AvgIpc) is 3.29. The molecule has 0 fully saturated rings. The number of amides is 3. The van der Waals surface area contributed by atoms with Gasteiger partial charge in [0.1, 0.15) is 5.76 Å². The Morgan fingerprint density at radius 3 is 2.27 bits per heavy atom. The third-order valence-corrected chi connectivity index (χ3v) is 4.50. The van der Waals surface area contributed by atoms with Crippen LogP contribution in [0.4, 0.5) is 11.4 Å². The molecule has 0 aliphatic carbocycles. The Balaban J connectivity index is 1.49. The smallest absolute Gasteiger partial charge is 0.251 e. The van der Waals surface area contributed by atoms with Gasteiger partial charge in [-0.25, -0.2) is 0 Å². The van der Waals surface area contributed by atoms with Crippen molar-refractivity contribution < 1.29 is 18.8 Å². The van der Waals surface area contributed by atoms with Crippen LogP contribution in [0.1, 0.15) is 47.2 Å². The summed E-state index contributed by atoms with van der Waals surface area (Å²) in [5.41, 5.74) is 1.88. The number of furan rings is 1. The monoisotopic (exact) mass is 448 g/mol. The number of hydrogen-bond donors (Lipinski definition) is 4. The maximum atomic E-state index is 12.3. The van der Waals surface area contributed by atoms with E-state index in [-0.39, 0.29) is 36.3 Å². The van der Waals surface area contributed by atoms with E-state index in [0.29, 0.717) is 28.3 Å². The van der Waals surface area contributed by atoms with Crippen LogP contribution >= 0.6 is 0 Å². The van der Waals surface area contributed by atoms with Gasteiger partial charge in [-0.15, -0.1) is 0 Å². The molecule has 0 aliphatic heterocycles. The molecule has 0 saturated carbocycles. The molecule has 0 bridgehead atoms. The minimum Gasteiger partial charge on any atom is -0.467 e. The Morgan fingerprint density at radius 2 is 1.61 bits per heavy atom. The second kappa shape index (κ2) is 10.5. The van der Waals surface area contributed by atoms with Gasteiger partial charge in [0.15, 0.2) is 0 Å². The third-order valence-electron chi connectivity index (χ3n) is 4.50. The van der Waals surface area contributed by atoms with E-state index in [1.165, 1.54) is 0 Å². The second-order valence-corrected chi connectivity index (χ2v) is 8.53. The first-order chi connectivity index (χ1) is 15.7. The number of hydrogen-bond acceptors (Lipinski definition) is 5. The number of carbonyl (C=O) groups excluding carboxylic acids is 3. The number of nitrogens with one attached hydrogen (secondary N) is 4. The van der Waals surface area contributed by atoms with E-state index in [0.717, 1.165) is 0 Å². The van der Waals surface area contributed by atoms with E-state index in [1.807, 2.05) is 20.8 Å². The molecule has 1 heterocycles. The Labute approximate surface area is 192 Å². The van der Waals surface area contributed by atoms with Crippen LogP contribution in [0, 0.1) is 0 Å². The summed E-state index contributed by atoms with van der Waals surface area (Å²) < 4.78 is 5.20. The zero-order valence-corrected chi connectivity index (χ0v) is 18.9. The highest BCUT2D eigenvalue weighted by atomic mass is 16.3. The normalized spacial score (nSPS) is 10.9. The van der Waals surface area contributed by atoms with Gasteiger partial charge < -0.3 is 25.7 Å². The summed E-state index contributed by atoms with van der Waals surface area (Å²) in [6.45, 7) is 6.07. The first-order valence-corrected chi connectivity index (χ1v) is 10.6. The molecular formula is C25H28N4O4. The SMILES string of the molecule is CC(C)(C)NC(=O)c1ccc(NCC(=O)Nc2cccc(C(=O)NCc3ccco3)c2)cc1. The highest BCUT2D eigenvalue weighted by Crippen LogP contribution is 2.13. The molecule has 0 spiro atoms. The van der Waals surface area contributed by atoms with Crippen LogP contribution in [0.5, 0.6) is 0 Å². The van der Waals surface area contributed by atoms with Gasteiger partial charge >= 0.3 is 0 Å². The van der Waals surface area contributed by atoms with E-state index in [1.54, 1.807) is 66.9 Å². The lowest BCUT2D eigenvalue weighted by molar-refractivity contribution is -0.114. The van der Waals surface area contributed by atoms with Crippen molar-refractivity contribution in [2.75, 3.05) is 17.2 Å². The van der Waals surface area contributed by atoms with Gasteiger partial charge in [-0.05, 0) is 75.4 Å². The number of anilines is 2. The van der Waals surface area contributed by atoms with Crippen molar-refractivity contribution in [3.63, 3.8) is 0 Å². The predicted octanol–water partition coefficient (Wildman–Crippen LogP) is 3.79. The molecular weight excluding hydrogens is 420 g/mol. The van der Waals surface area contributed by atoms with Crippen LogP contribution in [0.25, 0.3) is 0 Å². The van der Waals surface area contributed by atoms with E-state index < -0.39 is 0 Å². The van der Waals surface area contributed by atoms with Crippen molar-refractivity contribution in [1.82, 2.24) is 10.6 Å². The summed E-state index contributed by atoms with van der Waals surface area (Å²) in [7, 11) is 0. The topological polar surface area (TPSA) is 112 Å². The number of carbonyl (C=O) groups is 3. The van der Waals surface area contributed by atoms with E-state index >= 15 is 0 Å². The van der Waals surface area contributed by atoms with E-state index in [9.17, 15) is 14.4 Å². The molecule has 1 aromatic heterocycles. The maximum Gasteiger partial charge on any atom is 0.251 e. The zero-order chi connectivity index (χ0) is 23.8. The van der Waals surface area contributed by atoms with Gasteiger partial charge in [-0.2, -0.15) is 0 Å². The van der Waals surface area contributed by atoms with Crippen molar-refractivity contribution in [3.05, 3.63) is 83.8 Å². The molecule has 3 aromatic rings.